The molecule has 166 valence electrons. The van der Waals surface area contributed by atoms with Crippen molar-refractivity contribution < 1.29 is 4.79 Å². The molecule has 0 spiro atoms. The van der Waals surface area contributed by atoms with Gasteiger partial charge in [0.15, 0.2) is 5.65 Å². The van der Waals surface area contributed by atoms with Crippen LogP contribution in [0.1, 0.15) is 45.1 Å². The van der Waals surface area contributed by atoms with Gasteiger partial charge in [0, 0.05) is 18.5 Å². The number of carbonyl (C=O) groups is 1. The Bertz CT molecular complexity index is 1190. The number of hydrogen-bond acceptors (Lipinski definition) is 5. The Morgan fingerprint density at radius 1 is 1.03 bits per heavy atom. The number of nitrogens with zero attached hydrogens (tertiary/aromatic N) is 4. The third-order valence-corrected chi connectivity index (χ3v) is 6.58. The summed E-state index contributed by atoms with van der Waals surface area (Å²) in [4.78, 5) is 17.6. The second kappa shape index (κ2) is 10.6. The molecule has 7 heteroatoms. The first-order valence-electron chi connectivity index (χ1n) is 11.3. The van der Waals surface area contributed by atoms with E-state index in [4.69, 9.17) is 4.98 Å². The molecule has 0 saturated carbocycles. The van der Waals surface area contributed by atoms with Crippen LogP contribution in [0.15, 0.2) is 59.8 Å². The standard InChI is InChI=1S/C25H29N5OS/c1-3-5-16-26-24(31)21(11-4-2)32-25-27-23-22(28-29-25)19-14-9-10-15-20(19)30(23)17-18-12-7-6-8-13-18/h6-10,12-15,21H,3-5,11,16-17H2,1-2H3,(H,26,31). The monoisotopic (exact) mass is 447 g/mol. The maximum atomic E-state index is 12.7. The summed E-state index contributed by atoms with van der Waals surface area (Å²) in [5.74, 6) is 0.0545. The minimum absolute atomic E-state index is 0.0545. The number of carbonyl (C=O) groups excluding carboxylic acids is 1. The summed E-state index contributed by atoms with van der Waals surface area (Å²) in [6.07, 6.45) is 3.74. The number of hydrogen-bond donors (Lipinski definition) is 1. The summed E-state index contributed by atoms with van der Waals surface area (Å²) < 4.78 is 2.19. The number of aromatic nitrogens is 4. The van der Waals surface area contributed by atoms with Gasteiger partial charge in [-0.3, -0.25) is 4.79 Å². The fourth-order valence-electron chi connectivity index (χ4n) is 3.80. The Kier molecular flexibility index (Phi) is 7.37. The van der Waals surface area contributed by atoms with Crippen LogP contribution in [0.25, 0.3) is 22.1 Å². The minimum atomic E-state index is -0.219. The average Bonchev–Trinajstić information content (AvgIpc) is 3.12. The molecule has 1 atom stereocenters. The molecule has 0 bridgehead atoms. The zero-order valence-electron chi connectivity index (χ0n) is 18.6. The van der Waals surface area contributed by atoms with Crippen LogP contribution in [0.4, 0.5) is 0 Å². The van der Waals surface area contributed by atoms with Crippen molar-refractivity contribution in [1.29, 1.82) is 0 Å². The lowest BCUT2D eigenvalue weighted by molar-refractivity contribution is -0.120. The lowest BCUT2D eigenvalue weighted by atomic mass is 10.2. The van der Waals surface area contributed by atoms with Crippen LogP contribution in [0.5, 0.6) is 0 Å². The molecule has 1 unspecified atom stereocenters. The van der Waals surface area contributed by atoms with E-state index >= 15 is 0 Å². The van der Waals surface area contributed by atoms with E-state index in [1.807, 2.05) is 30.3 Å². The first-order chi connectivity index (χ1) is 15.7. The molecule has 1 N–H and O–H groups in total. The highest BCUT2D eigenvalue weighted by Crippen LogP contribution is 2.29. The Morgan fingerprint density at radius 3 is 2.59 bits per heavy atom. The van der Waals surface area contributed by atoms with Gasteiger partial charge >= 0.3 is 0 Å². The summed E-state index contributed by atoms with van der Waals surface area (Å²) in [6, 6.07) is 18.5. The van der Waals surface area contributed by atoms with Crippen LogP contribution >= 0.6 is 11.8 Å². The topological polar surface area (TPSA) is 72.7 Å². The maximum Gasteiger partial charge on any atom is 0.233 e. The Balaban J connectivity index is 1.68. The number of para-hydroxylation sites is 1. The number of benzene rings is 2. The summed E-state index contributed by atoms with van der Waals surface area (Å²) in [7, 11) is 0. The van der Waals surface area contributed by atoms with Gasteiger partial charge in [0.25, 0.3) is 0 Å². The highest BCUT2D eigenvalue weighted by Gasteiger charge is 2.22. The van der Waals surface area contributed by atoms with Gasteiger partial charge in [-0.2, -0.15) is 0 Å². The van der Waals surface area contributed by atoms with Crippen LogP contribution in [0.2, 0.25) is 0 Å². The molecule has 0 radical (unpaired) electrons. The second-order valence-corrected chi connectivity index (χ2v) is 9.07. The van der Waals surface area contributed by atoms with Gasteiger partial charge in [-0.15, -0.1) is 10.2 Å². The molecule has 1 amide bonds. The highest BCUT2D eigenvalue weighted by atomic mass is 32.2. The number of amides is 1. The van der Waals surface area contributed by atoms with Gasteiger partial charge in [0.1, 0.15) is 5.52 Å². The van der Waals surface area contributed by atoms with Crippen molar-refractivity contribution >= 4 is 39.7 Å². The number of unbranched alkanes of at least 4 members (excludes halogenated alkanes) is 1. The molecule has 6 nitrogen and oxygen atoms in total. The molecule has 0 aliphatic rings. The van der Waals surface area contributed by atoms with E-state index in [-0.39, 0.29) is 11.2 Å². The third kappa shape index (κ3) is 4.93. The third-order valence-electron chi connectivity index (χ3n) is 5.46. The quantitative estimate of drug-likeness (QED) is 0.267. The average molecular weight is 448 g/mol. The van der Waals surface area contributed by atoms with E-state index in [0.717, 1.165) is 47.8 Å². The molecule has 2 aromatic heterocycles. The molecule has 0 saturated heterocycles. The van der Waals surface area contributed by atoms with Crippen molar-refractivity contribution in [2.75, 3.05) is 6.54 Å². The van der Waals surface area contributed by atoms with Crippen molar-refractivity contribution in [2.45, 2.75) is 56.5 Å². The molecule has 0 fully saturated rings. The van der Waals surface area contributed by atoms with Crippen molar-refractivity contribution in [3.8, 4) is 0 Å². The Labute approximate surface area is 192 Å². The van der Waals surface area contributed by atoms with E-state index in [2.05, 4.69) is 58.2 Å². The molecule has 32 heavy (non-hydrogen) atoms. The maximum absolute atomic E-state index is 12.7. The van der Waals surface area contributed by atoms with Crippen molar-refractivity contribution in [3.05, 3.63) is 60.2 Å². The van der Waals surface area contributed by atoms with Crippen molar-refractivity contribution in [2.24, 2.45) is 0 Å². The van der Waals surface area contributed by atoms with Crippen LogP contribution in [-0.2, 0) is 11.3 Å². The predicted molar refractivity (Wildman–Crippen MR) is 131 cm³/mol. The van der Waals surface area contributed by atoms with Gasteiger partial charge in [-0.25, -0.2) is 4.98 Å². The highest BCUT2D eigenvalue weighted by molar-refractivity contribution is 8.00. The SMILES string of the molecule is CCCCNC(=O)C(CCC)Sc1nnc2c3ccccc3n(Cc3ccccc3)c2n1. The van der Waals surface area contributed by atoms with E-state index < -0.39 is 0 Å². The molecular weight excluding hydrogens is 418 g/mol. The molecule has 2 aromatic carbocycles. The van der Waals surface area contributed by atoms with Crippen molar-refractivity contribution in [1.82, 2.24) is 25.1 Å². The van der Waals surface area contributed by atoms with E-state index in [0.29, 0.717) is 18.2 Å². The summed E-state index contributed by atoms with van der Waals surface area (Å²) in [5, 5.41) is 13.3. The largest absolute Gasteiger partial charge is 0.355 e. The molecular formula is C25H29N5OS. The first-order valence-corrected chi connectivity index (χ1v) is 12.2. The van der Waals surface area contributed by atoms with Crippen LogP contribution < -0.4 is 5.32 Å². The Morgan fingerprint density at radius 2 is 1.81 bits per heavy atom. The zero-order valence-corrected chi connectivity index (χ0v) is 19.4. The fourth-order valence-corrected chi connectivity index (χ4v) is 4.83. The number of nitrogens with one attached hydrogen (secondary N) is 1. The normalized spacial score (nSPS) is 12.3. The lowest BCUT2D eigenvalue weighted by Gasteiger charge is -2.14. The zero-order chi connectivity index (χ0) is 22.3. The first kappa shape index (κ1) is 22.3. The van der Waals surface area contributed by atoms with E-state index in [1.165, 1.54) is 17.3 Å². The van der Waals surface area contributed by atoms with Gasteiger partial charge in [0.2, 0.25) is 11.1 Å². The molecule has 0 aliphatic carbocycles. The van der Waals surface area contributed by atoms with Gasteiger partial charge in [0.05, 0.1) is 10.8 Å². The van der Waals surface area contributed by atoms with Crippen LogP contribution in [-0.4, -0.2) is 37.5 Å². The molecule has 4 aromatic rings. The Hall–Kier alpha value is -2.93. The molecule has 0 aliphatic heterocycles. The van der Waals surface area contributed by atoms with E-state index in [9.17, 15) is 4.79 Å². The predicted octanol–water partition coefficient (Wildman–Crippen LogP) is 5.20. The molecule has 4 rings (SSSR count). The number of thioether (sulfide) groups is 1. The van der Waals surface area contributed by atoms with E-state index in [1.54, 1.807) is 0 Å². The summed E-state index contributed by atoms with van der Waals surface area (Å²) in [6.45, 7) is 5.61. The van der Waals surface area contributed by atoms with Crippen LogP contribution in [0.3, 0.4) is 0 Å². The number of rotatable bonds is 10. The number of fused-ring (bicyclic) bond motifs is 3. The lowest BCUT2D eigenvalue weighted by Crippen LogP contribution is -2.33. The summed E-state index contributed by atoms with van der Waals surface area (Å²) >= 11 is 1.41. The molecule has 2 heterocycles. The summed E-state index contributed by atoms with van der Waals surface area (Å²) in [5.41, 5.74) is 3.87. The van der Waals surface area contributed by atoms with Gasteiger partial charge in [-0.1, -0.05) is 87.0 Å². The smallest absolute Gasteiger partial charge is 0.233 e. The fraction of sp³-hybridized carbons (Fsp3) is 0.360. The van der Waals surface area contributed by atoms with Gasteiger partial charge < -0.3 is 9.88 Å². The van der Waals surface area contributed by atoms with Crippen LogP contribution in [0, 0.1) is 0 Å². The van der Waals surface area contributed by atoms with Crippen molar-refractivity contribution in [3.63, 3.8) is 0 Å². The van der Waals surface area contributed by atoms with Gasteiger partial charge in [-0.05, 0) is 24.5 Å². The minimum Gasteiger partial charge on any atom is -0.355 e. The second-order valence-electron chi connectivity index (χ2n) is 7.90.